The first kappa shape index (κ1) is 26.8. The van der Waals surface area contributed by atoms with E-state index >= 15 is 0 Å². The first-order valence-electron chi connectivity index (χ1n) is 11.2. The normalized spacial score (nSPS) is 34.4. The summed E-state index contributed by atoms with van der Waals surface area (Å²) in [4.78, 5) is 22.7. The Labute approximate surface area is 196 Å². The molecule has 182 valence electrons. The highest BCUT2D eigenvalue weighted by molar-refractivity contribution is 5.82. The van der Waals surface area contributed by atoms with E-state index in [0.29, 0.717) is 12.8 Å². The van der Waals surface area contributed by atoms with Crippen LogP contribution in [0.25, 0.3) is 0 Å². The summed E-state index contributed by atoms with van der Waals surface area (Å²) >= 11 is 0. The number of aliphatic hydroxyl groups is 1. The molecule has 2 fully saturated rings. The minimum Gasteiger partial charge on any atom is -0.478 e. The molecule has 6 atom stereocenters. The van der Waals surface area contributed by atoms with Gasteiger partial charge in [0.05, 0.1) is 11.7 Å². The van der Waals surface area contributed by atoms with Gasteiger partial charge in [0.25, 0.3) is 0 Å². The zero-order chi connectivity index (χ0) is 24.6. The number of allylic oxidation sites excluding steroid dienone is 7. The number of aliphatic carboxylic acids is 1. The molecule has 0 aromatic rings. The molecule has 2 aliphatic rings. The Morgan fingerprint density at radius 3 is 2.24 bits per heavy atom. The van der Waals surface area contributed by atoms with Gasteiger partial charge in [0.1, 0.15) is 17.8 Å². The highest BCUT2D eigenvalue weighted by atomic mass is 16.6. The molecule has 1 saturated carbocycles. The number of rotatable bonds is 10. The van der Waals surface area contributed by atoms with Crippen molar-refractivity contribution in [3.63, 3.8) is 0 Å². The molecule has 0 bridgehead atoms. The molecule has 1 heterocycles. The first-order valence-corrected chi connectivity index (χ1v) is 11.2. The van der Waals surface area contributed by atoms with E-state index in [9.17, 15) is 14.7 Å². The van der Waals surface area contributed by atoms with Gasteiger partial charge in [0.15, 0.2) is 0 Å². The molecule has 33 heavy (non-hydrogen) atoms. The molecular formula is C26H36O7. The van der Waals surface area contributed by atoms with Crippen LogP contribution >= 0.6 is 0 Å². The number of hydrogen-bond donors (Lipinski definition) is 2. The molecule has 7 nitrogen and oxygen atoms in total. The van der Waals surface area contributed by atoms with E-state index in [1.54, 1.807) is 44.4 Å². The predicted octanol–water partition coefficient (Wildman–Crippen LogP) is 3.90. The number of methoxy groups -OCH3 is 1. The van der Waals surface area contributed by atoms with Crippen molar-refractivity contribution >= 4 is 11.9 Å². The zero-order valence-electron chi connectivity index (χ0n) is 20.1. The van der Waals surface area contributed by atoms with E-state index in [-0.39, 0.29) is 12.0 Å². The number of carbonyl (C=O) groups is 2. The van der Waals surface area contributed by atoms with Crippen molar-refractivity contribution < 1.29 is 34.0 Å². The summed E-state index contributed by atoms with van der Waals surface area (Å²) < 4.78 is 17.5. The van der Waals surface area contributed by atoms with E-state index in [4.69, 9.17) is 19.3 Å². The van der Waals surface area contributed by atoms with Crippen LogP contribution in [-0.4, -0.2) is 58.8 Å². The number of hydrogen-bond acceptors (Lipinski definition) is 6. The van der Waals surface area contributed by atoms with Gasteiger partial charge >= 0.3 is 11.9 Å². The van der Waals surface area contributed by atoms with Gasteiger partial charge in [-0.1, -0.05) is 48.1 Å². The fourth-order valence-corrected chi connectivity index (χ4v) is 4.57. The summed E-state index contributed by atoms with van der Waals surface area (Å²) in [6.45, 7) is 7.88. The van der Waals surface area contributed by atoms with Crippen LogP contribution in [0.5, 0.6) is 0 Å². The SMILES string of the molecule is CO[C@H]1C([C@@]2(C)O[C@@H]2CC=C(C)C)[C@@](C)(O)CC[C@@H]1OC(=O)/C=C/C=C/C=C/C=C/C(=O)O. The lowest BCUT2D eigenvalue weighted by Crippen LogP contribution is -2.59. The van der Waals surface area contributed by atoms with Gasteiger partial charge in [0.2, 0.25) is 0 Å². The summed E-state index contributed by atoms with van der Waals surface area (Å²) in [5, 5.41) is 19.7. The smallest absolute Gasteiger partial charge is 0.331 e. The lowest BCUT2D eigenvalue weighted by molar-refractivity contribution is -0.190. The van der Waals surface area contributed by atoms with Crippen molar-refractivity contribution in [1.29, 1.82) is 0 Å². The Morgan fingerprint density at radius 2 is 1.67 bits per heavy atom. The van der Waals surface area contributed by atoms with Gasteiger partial charge in [-0.2, -0.15) is 0 Å². The van der Waals surface area contributed by atoms with Gasteiger partial charge in [-0.15, -0.1) is 0 Å². The molecule has 1 saturated heterocycles. The van der Waals surface area contributed by atoms with Gasteiger partial charge in [-0.05, 0) is 47.0 Å². The van der Waals surface area contributed by atoms with E-state index in [2.05, 4.69) is 6.08 Å². The maximum absolute atomic E-state index is 12.4. The van der Waals surface area contributed by atoms with Gasteiger partial charge < -0.3 is 24.4 Å². The highest BCUT2D eigenvalue weighted by Crippen LogP contribution is 2.54. The maximum Gasteiger partial charge on any atom is 0.331 e. The van der Waals surface area contributed by atoms with Gasteiger partial charge in [-0.25, -0.2) is 9.59 Å². The quantitative estimate of drug-likeness (QED) is 0.167. The van der Waals surface area contributed by atoms with Crippen LogP contribution in [0.3, 0.4) is 0 Å². The molecule has 1 unspecified atom stereocenters. The van der Waals surface area contributed by atoms with Crippen molar-refractivity contribution in [2.45, 2.75) is 76.5 Å². The molecule has 1 aliphatic heterocycles. The minimum absolute atomic E-state index is 0.0144. The number of carboxylic acid groups (broad SMARTS) is 1. The van der Waals surface area contributed by atoms with Crippen molar-refractivity contribution in [1.82, 2.24) is 0 Å². The fourth-order valence-electron chi connectivity index (χ4n) is 4.57. The summed E-state index contributed by atoms with van der Waals surface area (Å²) in [6.07, 6.45) is 14.7. The third-order valence-corrected chi connectivity index (χ3v) is 6.20. The van der Waals surface area contributed by atoms with Crippen LogP contribution in [0.4, 0.5) is 0 Å². The number of epoxide rings is 1. The fraction of sp³-hybridized carbons (Fsp3) is 0.538. The number of esters is 1. The Morgan fingerprint density at radius 1 is 1.06 bits per heavy atom. The van der Waals surface area contributed by atoms with Gasteiger partial charge in [-0.3, -0.25) is 0 Å². The lowest BCUT2D eigenvalue weighted by atomic mass is 9.66. The van der Waals surface area contributed by atoms with Crippen LogP contribution < -0.4 is 0 Å². The Bertz CT molecular complexity index is 845. The first-order chi connectivity index (χ1) is 15.5. The second kappa shape index (κ2) is 11.6. The van der Waals surface area contributed by atoms with Crippen molar-refractivity contribution in [2.24, 2.45) is 5.92 Å². The van der Waals surface area contributed by atoms with Crippen LogP contribution in [0.1, 0.15) is 47.0 Å². The third-order valence-electron chi connectivity index (χ3n) is 6.20. The molecule has 1 aliphatic carbocycles. The standard InChI is InChI=1S/C26H36O7/c1-18(2)14-15-20-26(4,33-20)24-23(31-5)19(16-17-25(24,3)30)32-22(29)13-11-9-7-6-8-10-12-21(27)28/h6-14,19-20,23-24,30H,15-17H2,1-5H3,(H,27,28)/b8-6+,9-7+,12-10+,13-11+/t19-,20+,23+,24?,25-,26-/m0/s1. The predicted molar refractivity (Wildman–Crippen MR) is 126 cm³/mol. The largest absolute Gasteiger partial charge is 0.478 e. The lowest BCUT2D eigenvalue weighted by Gasteiger charge is -2.47. The Hall–Kier alpha value is -2.48. The number of ether oxygens (including phenoxy) is 3. The zero-order valence-corrected chi connectivity index (χ0v) is 20.1. The van der Waals surface area contributed by atoms with E-state index < -0.39 is 35.3 Å². The van der Waals surface area contributed by atoms with Gasteiger partial charge in [0, 0.05) is 25.2 Å². The topological polar surface area (TPSA) is 106 Å². The molecule has 0 aromatic heterocycles. The molecule has 0 amide bonds. The highest BCUT2D eigenvalue weighted by Gasteiger charge is 2.66. The number of carbonyl (C=O) groups excluding carboxylic acids is 1. The van der Waals surface area contributed by atoms with Crippen LogP contribution in [0.15, 0.2) is 60.3 Å². The van der Waals surface area contributed by atoms with E-state index in [1.807, 2.05) is 20.8 Å². The minimum atomic E-state index is -1.02. The van der Waals surface area contributed by atoms with Crippen LogP contribution in [-0.2, 0) is 23.8 Å². The monoisotopic (exact) mass is 460 g/mol. The molecular weight excluding hydrogens is 424 g/mol. The average molecular weight is 461 g/mol. The van der Waals surface area contributed by atoms with E-state index in [0.717, 1.165) is 12.5 Å². The summed E-state index contributed by atoms with van der Waals surface area (Å²) in [5.74, 6) is -1.85. The number of carboxylic acids is 1. The summed E-state index contributed by atoms with van der Waals surface area (Å²) in [6, 6.07) is 0. The van der Waals surface area contributed by atoms with Crippen LogP contribution in [0, 0.1) is 5.92 Å². The summed E-state index contributed by atoms with van der Waals surface area (Å²) in [5.41, 5.74) is -0.342. The molecule has 0 spiro atoms. The van der Waals surface area contributed by atoms with Crippen LogP contribution in [0.2, 0.25) is 0 Å². The molecule has 2 rings (SSSR count). The Kier molecular flexibility index (Phi) is 9.40. The average Bonchev–Trinajstić information content (AvgIpc) is 3.39. The Balaban J connectivity index is 2.01. The summed E-state index contributed by atoms with van der Waals surface area (Å²) in [7, 11) is 1.57. The molecule has 0 radical (unpaired) electrons. The molecule has 0 aromatic carbocycles. The molecule has 2 N–H and O–H groups in total. The van der Waals surface area contributed by atoms with E-state index in [1.165, 1.54) is 17.7 Å². The second-order valence-corrected chi connectivity index (χ2v) is 9.18. The van der Waals surface area contributed by atoms with Crippen molar-refractivity contribution in [3.8, 4) is 0 Å². The maximum atomic E-state index is 12.4. The van der Waals surface area contributed by atoms with Crippen molar-refractivity contribution in [3.05, 3.63) is 60.3 Å². The third kappa shape index (κ3) is 7.52. The molecule has 7 heteroatoms. The second-order valence-electron chi connectivity index (χ2n) is 9.18. The van der Waals surface area contributed by atoms with Crippen molar-refractivity contribution in [2.75, 3.05) is 7.11 Å².